The first-order valence-electron chi connectivity index (χ1n) is 14.4. The van der Waals surface area contributed by atoms with Crippen molar-refractivity contribution in [3.05, 3.63) is 164 Å². The highest BCUT2D eigenvalue weighted by Crippen LogP contribution is 2.32. The molecule has 0 amide bonds. The van der Waals surface area contributed by atoms with Gasteiger partial charge in [-0.05, 0) is 93.0 Å². The zero-order valence-electron chi connectivity index (χ0n) is 23.0. The number of rotatable bonds is 3. The molecule has 0 unspecified atom stereocenters. The summed E-state index contributed by atoms with van der Waals surface area (Å²) in [6.45, 7) is 0. The van der Waals surface area contributed by atoms with E-state index in [9.17, 15) is 0 Å². The van der Waals surface area contributed by atoms with Crippen LogP contribution in [0, 0.1) is 0 Å². The maximum atomic E-state index is 3.77. The van der Waals surface area contributed by atoms with Gasteiger partial charge in [-0.1, -0.05) is 109 Å². The van der Waals surface area contributed by atoms with Crippen LogP contribution in [0.2, 0.25) is 0 Å². The van der Waals surface area contributed by atoms with Gasteiger partial charge >= 0.3 is 0 Å². The molecule has 1 N–H and O–H groups in total. The normalized spacial score (nSPS) is 11.3. The van der Waals surface area contributed by atoms with Crippen LogP contribution < -0.4 is 0 Å². The van der Waals surface area contributed by atoms with Crippen LogP contribution in [0.15, 0.2) is 164 Å². The zero-order valence-corrected chi connectivity index (χ0v) is 23.0. The second-order valence-electron chi connectivity index (χ2n) is 10.8. The third-order valence-corrected chi connectivity index (χ3v) is 8.14. The monoisotopic (exact) mass is 536 g/mol. The fourth-order valence-electron chi connectivity index (χ4n) is 6.10. The van der Waals surface area contributed by atoms with Gasteiger partial charge in [0.2, 0.25) is 0 Å². The minimum Gasteiger partial charge on any atom is -0.355 e. The van der Waals surface area contributed by atoms with E-state index in [-0.39, 0.29) is 0 Å². The van der Waals surface area contributed by atoms with Crippen molar-refractivity contribution in [1.82, 2.24) is 9.55 Å². The highest BCUT2D eigenvalue weighted by Gasteiger charge is 2.08. The van der Waals surface area contributed by atoms with Crippen LogP contribution in [0.1, 0.15) is 0 Å². The Morgan fingerprint density at radius 1 is 0.381 bits per heavy atom. The van der Waals surface area contributed by atoms with Crippen molar-refractivity contribution in [2.75, 3.05) is 0 Å². The molecule has 0 fully saturated rings. The standard InChI is InChI=1S/C40H28N2/c1-3-10-28(11-4-1)31-15-7-17-34(24-31)42-35-18-9-16-33(26-35)41-40-23-21-32(29-12-5-2-6-13-29)25-39(40)37-19-8-14-30-20-22-36(42)27-38(30)37/h1-27,41H. The summed E-state index contributed by atoms with van der Waals surface area (Å²) in [4.78, 5) is 3.77. The van der Waals surface area contributed by atoms with Crippen LogP contribution in [-0.2, 0) is 0 Å². The first-order valence-corrected chi connectivity index (χ1v) is 14.4. The first kappa shape index (κ1) is 24.2. The summed E-state index contributed by atoms with van der Waals surface area (Å²) in [5, 5.41) is 4.84. The molecule has 0 atom stereocenters. The van der Waals surface area contributed by atoms with Crippen molar-refractivity contribution in [2.45, 2.75) is 0 Å². The smallest absolute Gasteiger partial charge is 0.0482 e. The Balaban J connectivity index is 1.50. The minimum absolute atomic E-state index is 1.05. The Bertz CT molecular complexity index is 2290. The van der Waals surface area contributed by atoms with Crippen molar-refractivity contribution in [3.63, 3.8) is 0 Å². The van der Waals surface area contributed by atoms with Crippen LogP contribution >= 0.6 is 0 Å². The average Bonchev–Trinajstić information content (AvgIpc) is 3.07. The molecular formula is C40H28N2. The molecule has 0 saturated heterocycles. The van der Waals surface area contributed by atoms with E-state index in [0.29, 0.717) is 0 Å². The Labute approximate surface area is 244 Å². The lowest BCUT2D eigenvalue weighted by molar-refractivity contribution is 1.16. The lowest BCUT2D eigenvalue weighted by Crippen LogP contribution is -1.97. The van der Waals surface area contributed by atoms with Crippen molar-refractivity contribution >= 4 is 43.6 Å². The molecule has 2 nitrogen and oxygen atoms in total. The molecule has 0 aliphatic heterocycles. The van der Waals surface area contributed by atoms with Gasteiger partial charge in [0.15, 0.2) is 0 Å². The predicted octanol–water partition coefficient (Wildman–Crippen LogP) is 10.9. The Morgan fingerprint density at radius 3 is 1.88 bits per heavy atom. The van der Waals surface area contributed by atoms with Gasteiger partial charge in [0.1, 0.15) is 0 Å². The Kier molecular flexibility index (Phi) is 5.82. The Morgan fingerprint density at radius 2 is 1.07 bits per heavy atom. The number of nitrogens with one attached hydrogen (secondary N) is 1. The molecule has 8 aromatic rings. The summed E-state index contributed by atoms with van der Waals surface area (Å²) >= 11 is 0. The number of benzene rings is 7. The van der Waals surface area contributed by atoms with Gasteiger partial charge in [0.05, 0.1) is 0 Å². The van der Waals surface area contributed by atoms with Gasteiger partial charge in [0, 0.05) is 33.1 Å². The van der Waals surface area contributed by atoms with E-state index < -0.39 is 0 Å². The number of hydrogen-bond donors (Lipinski definition) is 1. The summed E-state index contributed by atoms with van der Waals surface area (Å²) in [6.07, 6.45) is 0. The maximum absolute atomic E-state index is 3.77. The van der Waals surface area contributed by atoms with Gasteiger partial charge in [-0.15, -0.1) is 0 Å². The second kappa shape index (κ2) is 10.1. The topological polar surface area (TPSA) is 20.7 Å². The fourth-order valence-corrected chi connectivity index (χ4v) is 6.10. The largest absolute Gasteiger partial charge is 0.355 e. The van der Waals surface area contributed by atoms with Gasteiger partial charge < -0.3 is 9.55 Å². The number of aromatic nitrogens is 2. The molecule has 0 aliphatic carbocycles. The summed E-state index contributed by atoms with van der Waals surface area (Å²) < 4.78 is 2.36. The summed E-state index contributed by atoms with van der Waals surface area (Å²) in [7, 11) is 0. The van der Waals surface area contributed by atoms with E-state index >= 15 is 0 Å². The van der Waals surface area contributed by atoms with Gasteiger partial charge in [-0.25, -0.2) is 0 Å². The van der Waals surface area contributed by atoms with E-state index in [2.05, 4.69) is 173 Å². The van der Waals surface area contributed by atoms with Crippen molar-refractivity contribution in [1.29, 1.82) is 0 Å². The molecular weight excluding hydrogens is 508 g/mol. The summed E-state index contributed by atoms with van der Waals surface area (Å²) in [5.74, 6) is 0. The number of H-pyrrole nitrogens is 1. The van der Waals surface area contributed by atoms with E-state index in [1.807, 2.05) is 0 Å². The van der Waals surface area contributed by atoms with Crippen LogP contribution in [-0.4, -0.2) is 9.55 Å². The lowest BCUT2D eigenvalue weighted by atomic mass is 9.99. The molecule has 8 rings (SSSR count). The van der Waals surface area contributed by atoms with Crippen LogP contribution in [0.4, 0.5) is 0 Å². The van der Waals surface area contributed by atoms with Gasteiger partial charge in [-0.3, -0.25) is 0 Å². The molecule has 0 spiro atoms. The number of nitrogens with zero attached hydrogens (tertiary/aromatic N) is 1. The van der Waals surface area contributed by atoms with Crippen molar-refractivity contribution < 1.29 is 0 Å². The Hall–Kier alpha value is -5.60. The number of aromatic amines is 1. The maximum Gasteiger partial charge on any atom is 0.0482 e. The molecule has 1 aromatic heterocycles. The zero-order chi connectivity index (χ0) is 27.9. The summed E-state index contributed by atoms with van der Waals surface area (Å²) in [5.41, 5.74) is 10.3. The predicted molar refractivity (Wildman–Crippen MR) is 179 cm³/mol. The summed E-state index contributed by atoms with van der Waals surface area (Å²) in [6, 6.07) is 58.9. The molecule has 2 heteroatoms. The molecule has 1 heterocycles. The molecule has 198 valence electrons. The molecule has 0 aliphatic rings. The minimum atomic E-state index is 1.05. The lowest BCUT2D eigenvalue weighted by Gasteiger charge is -2.14. The van der Waals surface area contributed by atoms with Crippen LogP contribution in [0.5, 0.6) is 0 Å². The van der Waals surface area contributed by atoms with E-state index in [1.165, 1.54) is 43.8 Å². The molecule has 0 radical (unpaired) electrons. The highest BCUT2D eigenvalue weighted by molar-refractivity contribution is 6.12. The van der Waals surface area contributed by atoms with Crippen LogP contribution in [0.3, 0.4) is 0 Å². The molecule has 42 heavy (non-hydrogen) atoms. The molecule has 4 bridgehead atoms. The molecule has 0 saturated carbocycles. The van der Waals surface area contributed by atoms with Crippen molar-refractivity contribution in [3.8, 4) is 27.9 Å². The SMILES string of the molecule is c1ccc(-c2cccc(-n3c4cccc(c4)[nH]c4ccc(-c5ccccc5)cc4c4cccc5ccc3cc54)c2)cc1. The third kappa shape index (κ3) is 4.31. The first-order chi connectivity index (χ1) is 20.8. The number of hydrogen-bond acceptors (Lipinski definition) is 0. The number of fused-ring (bicyclic) bond motifs is 5. The average molecular weight is 537 g/mol. The van der Waals surface area contributed by atoms with Crippen molar-refractivity contribution in [2.24, 2.45) is 0 Å². The second-order valence-corrected chi connectivity index (χ2v) is 10.8. The molecule has 7 aromatic carbocycles. The van der Waals surface area contributed by atoms with Crippen LogP contribution in [0.25, 0.3) is 71.6 Å². The fraction of sp³-hybridized carbons (Fsp3) is 0. The van der Waals surface area contributed by atoms with E-state index in [4.69, 9.17) is 0 Å². The quantitative estimate of drug-likeness (QED) is 0.232. The van der Waals surface area contributed by atoms with E-state index in [0.717, 1.165) is 27.8 Å². The van der Waals surface area contributed by atoms with Gasteiger partial charge in [-0.2, -0.15) is 0 Å². The van der Waals surface area contributed by atoms with E-state index in [1.54, 1.807) is 0 Å². The third-order valence-electron chi connectivity index (χ3n) is 8.14. The highest BCUT2D eigenvalue weighted by atomic mass is 15.0. The van der Waals surface area contributed by atoms with Gasteiger partial charge in [0.25, 0.3) is 0 Å².